The second-order valence-electron chi connectivity index (χ2n) is 6.03. The van der Waals surface area contributed by atoms with Crippen molar-refractivity contribution >= 4 is 5.91 Å². The van der Waals surface area contributed by atoms with Gasteiger partial charge < -0.3 is 19.5 Å². The summed E-state index contributed by atoms with van der Waals surface area (Å²) in [6.45, 7) is 6.48. The highest BCUT2D eigenvalue weighted by molar-refractivity contribution is 5.76. The maximum Gasteiger partial charge on any atom is 0.220 e. The van der Waals surface area contributed by atoms with Gasteiger partial charge in [0.15, 0.2) is 11.5 Å². The largest absolute Gasteiger partial charge is 0.496 e. The molecular weight excluding hydrogens is 270 g/mol. The Bertz CT molecular complexity index is 492. The first kappa shape index (κ1) is 17.1. The van der Waals surface area contributed by atoms with E-state index in [0.29, 0.717) is 30.2 Å². The SMILES string of the molecule is COc1cc(OC)c(OC)cc1CNC(=O)CC(C)(C)C. The lowest BCUT2D eigenvalue weighted by atomic mass is 9.92. The van der Waals surface area contributed by atoms with Crippen molar-refractivity contribution in [3.05, 3.63) is 17.7 Å². The minimum atomic E-state index is -0.0359. The number of methoxy groups -OCH3 is 3. The second kappa shape index (κ2) is 7.20. The van der Waals surface area contributed by atoms with Gasteiger partial charge in [0.25, 0.3) is 0 Å². The number of benzene rings is 1. The van der Waals surface area contributed by atoms with Gasteiger partial charge in [-0.1, -0.05) is 20.8 Å². The van der Waals surface area contributed by atoms with Crippen LogP contribution in [-0.4, -0.2) is 27.2 Å². The van der Waals surface area contributed by atoms with Crippen molar-refractivity contribution in [2.45, 2.75) is 33.7 Å². The Balaban J connectivity index is 2.85. The van der Waals surface area contributed by atoms with Gasteiger partial charge in [-0.15, -0.1) is 0 Å². The van der Waals surface area contributed by atoms with E-state index in [4.69, 9.17) is 14.2 Å². The number of rotatable bonds is 6. The van der Waals surface area contributed by atoms with Crippen LogP contribution in [0.4, 0.5) is 0 Å². The zero-order valence-electron chi connectivity index (χ0n) is 13.7. The fourth-order valence-electron chi connectivity index (χ4n) is 1.97. The van der Waals surface area contributed by atoms with Crippen LogP contribution in [0, 0.1) is 5.41 Å². The lowest BCUT2D eigenvalue weighted by Crippen LogP contribution is -2.27. The molecule has 21 heavy (non-hydrogen) atoms. The van der Waals surface area contributed by atoms with Crippen LogP contribution in [0.3, 0.4) is 0 Å². The first-order valence-corrected chi connectivity index (χ1v) is 6.86. The molecule has 0 saturated heterocycles. The van der Waals surface area contributed by atoms with Crippen LogP contribution >= 0.6 is 0 Å². The highest BCUT2D eigenvalue weighted by Crippen LogP contribution is 2.34. The van der Waals surface area contributed by atoms with Crippen molar-refractivity contribution in [2.75, 3.05) is 21.3 Å². The van der Waals surface area contributed by atoms with Crippen LogP contribution in [0.5, 0.6) is 17.2 Å². The predicted molar refractivity (Wildman–Crippen MR) is 82.0 cm³/mol. The molecule has 0 unspecified atom stereocenters. The highest BCUT2D eigenvalue weighted by atomic mass is 16.5. The molecule has 0 aromatic heterocycles. The fourth-order valence-corrected chi connectivity index (χ4v) is 1.97. The summed E-state index contributed by atoms with van der Waals surface area (Å²) in [7, 11) is 4.73. The molecule has 0 saturated carbocycles. The van der Waals surface area contributed by atoms with Crippen LogP contribution in [0.2, 0.25) is 0 Å². The quantitative estimate of drug-likeness (QED) is 0.876. The molecule has 1 amide bonds. The summed E-state index contributed by atoms with van der Waals surface area (Å²) in [6, 6.07) is 3.57. The monoisotopic (exact) mass is 295 g/mol. The molecule has 1 N–H and O–H groups in total. The third-order valence-corrected chi connectivity index (χ3v) is 2.95. The Hall–Kier alpha value is -1.91. The van der Waals surface area contributed by atoms with Gasteiger partial charge >= 0.3 is 0 Å². The Morgan fingerprint density at radius 1 is 1.00 bits per heavy atom. The van der Waals surface area contributed by atoms with E-state index in [9.17, 15) is 4.79 Å². The number of hydrogen-bond donors (Lipinski definition) is 1. The van der Waals surface area contributed by atoms with Crippen molar-refractivity contribution in [2.24, 2.45) is 5.41 Å². The van der Waals surface area contributed by atoms with E-state index < -0.39 is 0 Å². The first-order valence-electron chi connectivity index (χ1n) is 6.86. The van der Waals surface area contributed by atoms with Gasteiger partial charge in [-0.3, -0.25) is 4.79 Å². The lowest BCUT2D eigenvalue weighted by molar-refractivity contribution is -0.122. The third-order valence-electron chi connectivity index (χ3n) is 2.95. The minimum absolute atomic E-state index is 0.0133. The number of carbonyl (C=O) groups excluding carboxylic acids is 1. The van der Waals surface area contributed by atoms with E-state index in [2.05, 4.69) is 5.32 Å². The van der Waals surface area contributed by atoms with Gasteiger partial charge in [-0.05, 0) is 11.5 Å². The number of nitrogens with one attached hydrogen (secondary N) is 1. The van der Waals surface area contributed by atoms with Gasteiger partial charge in [0.1, 0.15) is 5.75 Å². The second-order valence-corrected chi connectivity index (χ2v) is 6.03. The summed E-state index contributed by atoms with van der Waals surface area (Å²) in [6.07, 6.45) is 0.475. The van der Waals surface area contributed by atoms with Crippen molar-refractivity contribution in [1.82, 2.24) is 5.32 Å². The van der Waals surface area contributed by atoms with E-state index >= 15 is 0 Å². The molecule has 5 heteroatoms. The molecule has 1 aromatic carbocycles. The summed E-state index contributed by atoms with van der Waals surface area (Å²) < 4.78 is 15.8. The molecule has 0 aliphatic carbocycles. The molecule has 0 aliphatic rings. The van der Waals surface area contributed by atoms with Gasteiger partial charge in [0, 0.05) is 24.6 Å². The van der Waals surface area contributed by atoms with Gasteiger partial charge in [0.05, 0.1) is 21.3 Å². The number of carbonyl (C=O) groups is 1. The minimum Gasteiger partial charge on any atom is -0.496 e. The molecule has 0 aliphatic heterocycles. The van der Waals surface area contributed by atoms with Crippen LogP contribution in [-0.2, 0) is 11.3 Å². The summed E-state index contributed by atoms with van der Waals surface area (Å²) in [5.74, 6) is 1.88. The third kappa shape index (κ3) is 5.17. The smallest absolute Gasteiger partial charge is 0.220 e. The van der Waals surface area contributed by atoms with Crippen molar-refractivity contribution in [3.63, 3.8) is 0 Å². The average molecular weight is 295 g/mol. The van der Waals surface area contributed by atoms with Gasteiger partial charge in [-0.25, -0.2) is 0 Å². The molecule has 118 valence electrons. The van der Waals surface area contributed by atoms with Crippen LogP contribution in [0.15, 0.2) is 12.1 Å². The fraction of sp³-hybridized carbons (Fsp3) is 0.562. The van der Waals surface area contributed by atoms with Crippen molar-refractivity contribution < 1.29 is 19.0 Å². The Morgan fingerprint density at radius 2 is 1.52 bits per heavy atom. The molecular formula is C16H25NO4. The van der Waals surface area contributed by atoms with E-state index in [-0.39, 0.29) is 11.3 Å². The van der Waals surface area contributed by atoms with E-state index in [1.54, 1.807) is 27.4 Å². The normalized spacial score (nSPS) is 11.0. The van der Waals surface area contributed by atoms with E-state index in [0.717, 1.165) is 5.56 Å². The summed E-state index contributed by atoms with van der Waals surface area (Å²) in [5.41, 5.74) is 0.809. The Kier molecular flexibility index (Phi) is 5.88. The highest BCUT2D eigenvalue weighted by Gasteiger charge is 2.17. The predicted octanol–water partition coefficient (Wildman–Crippen LogP) is 2.76. The summed E-state index contributed by atoms with van der Waals surface area (Å²) >= 11 is 0. The first-order chi connectivity index (χ1) is 9.80. The molecule has 0 spiro atoms. The van der Waals surface area contributed by atoms with Crippen LogP contribution in [0.25, 0.3) is 0 Å². The number of hydrogen-bond acceptors (Lipinski definition) is 4. The zero-order chi connectivity index (χ0) is 16.0. The molecule has 5 nitrogen and oxygen atoms in total. The molecule has 0 heterocycles. The molecule has 1 rings (SSSR count). The van der Waals surface area contributed by atoms with Crippen molar-refractivity contribution in [1.29, 1.82) is 0 Å². The standard InChI is InChI=1S/C16H25NO4/c1-16(2,3)9-15(18)17-10-11-7-13(20-5)14(21-6)8-12(11)19-4/h7-8H,9-10H2,1-6H3,(H,17,18). The Labute approximate surface area is 126 Å². The summed E-state index contributed by atoms with van der Waals surface area (Å²) in [4.78, 5) is 11.9. The van der Waals surface area contributed by atoms with Crippen LogP contribution < -0.4 is 19.5 Å². The molecule has 0 atom stereocenters. The van der Waals surface area contributed by atoms with Gasteiger partial charge in [0.2, 0.25) is 5.91 Å². The maximum absolute atomic E-state index is 11.9. The maximum atomic E-state index is 11.9. The number of amides is 1. The van der Waals surface area contributed by atoms with Gasteiger partial charge in [-0.2, -0.15) is 0 Å². The average Bonchev–Trinajstić information content (AvgIpc) is 2.42. The van der Waals surface area contributed by atoms with Crippen molar-refractivity contribution in [3.8, 4) is 17.2 Å². The molecule has 0 bridgehead atoms. The molecule has 1 aromatic rings. The van der Waals surface area contributed by atoms with E-state index in [1.807, 2.05) is 26.8 Å². The Morgan fingerprint density at radius 3 is 2.00 bits per heavy atom. The van der Waals surface area contributed by atoms with Crippen LogP contribution in [0.1, 0.15) is 32.8 Å². The lowest BCUT2D eigenvalue weighted by Gasteiger charge is -2.18. The molecule has 0 radical (unpaired) electrons. The molecule has 0 fully saturated rings. The summed E-state index contributed by atoms with van der Waals surface area (Å²) in [5, 5.41) is 2.90. The zero-order valence-corrected chi connectivity index (χ0v) is 13.7. The number of ether oxygens (including phenoxy) is 3. The van der Waals surface area contributed by atoms with E-state index in [1.165, 1.54) is 0 Å². The topological polar surface area (TPSA) is 56.8 Å².